The molecule has 2 aliphatic carbocycles. The van der Waals surface area contributed by atoms with Gasteiger partial charge in [0.2, 0.25) is 5.88 Å². The largest absolute Gasteiger partial charge is 0.481 e. The van der Waals surface area contributed by atoms with Crippen LogP contribution in [0.1, 0.15) is 54.9 Å². The topological polar surface area (TPSA) is 68.5 Å². The summed E-state index contributed by atoms with van der Waals surface area (Å²) in [6, 6.07) is 10.5. The van der Waals surface area contributed by atoms with Crippen molar-refractivity contribution in [3.63, 3.8) is 0 Å². The predicted octanol–water partition coefficient (Wildman–Crippen LogP) is 3.56. The number of Topliss-reactive ketones (excluding diaryl/α,β-unsaturated/α-hetero) is 1. The second-order valence-corrected chi connectivity index (χ2v) is 8.57. The summed E-state index contributed by atoms with van der Waals surface area (Å²) < 4.78 is 7.37. The average molecular weight is 390 g/mol. The van der Waals surface area contributed by atoms with Crippen LogP contribution in [0.4, 0.5) is 0 Å². The van der Waals surface area contributed by atoms with Crippen LogP contribution in [0.25, 0.3) is 16.8 Å². The number of ketones is 1. The Labute approximate surface area is 170 Å². The van der Waals surface area contributed by atoms with Crippen LogP contribution >= 0.6 is 0 Å². The van der Waals surface area contributed by atoms with Crippen molar-refractivity contribution in [3.05, 3.63) is 47.3 Å². The maximum atomic E-state index is 12.0. The molecule has 29 heavy (non-hydrogen) atoms. The Balaban J connectivity index is 1.60. The highest BCUT2D eigenvalue weighted by Gasteiger charge is 2.48. The van der Waals surface area contributed by atoms with E-state index in [1.54, 1.807) is 7.11 Å². The molecule has 1 saturated carbocycles. The van der Waals surface area contributed by atoms with Crippen LogP contribution in [-0.2, 0) is 11.8 Å². The van der Waals surface area contributed by atoms with E-state index < -0.39 is 0 Å². The number of fused-ring (bicyclic) bond motifs is 2. The molecule has 3 aromatic rings. The fraction of sp³-hybridized carbons (Fsp3) is 0.435. The highest BCUT2D eigenvalue weighted by molar-refractivity contribution is 6.01. The van der Waals surface area contributed by atoms with Gasteiger partial charge in [-0.1, -0.05) is 32.0 Å². The molecule has 2 aliphatic rings. The minimum absolute atomic E-state index is 0.0168. The van der Waals surface area contributed by atoms with Crippen molar-refractivity contribution in [1.29, 1.82) is 0 Å². The first-order chi connectivity index (χ1) is 14.0. The number of carbonyl (C=O) groups is 1. The molecule has 150 valence electrons. The second-order valence-electron chi connectivity index (χ2n) is 8.57. The van der Waals surface area contributed by atoms with Crippen molar-refractivity contribution in [2.75, 3.05) is 13.7 Å². The molecule has 0 unspecified atom stereocenters. The number of methoxy groups -OCH3 is 1. The zero-order chi connectivity index (χ0) is 20.2. The van der Waals surface area contributed by atoms with E-state index in [1.807, 2.05) is 28.8 Å². The number of nitrogens with one attached hydrogen (secondary N) is 1. The number of ether oxygens (including phenoxy) is 1. The third-order valence-electron chi connectivity index (χ3n) is 6.17. The van der Waals surface area contributed by atoms with Gasteiger partial charge in [0.1, 0.15) is 0 Å². The summed E-state index contributed by atoms with van der Waals surface area (Å²) in [5, 5.41) is 8.40. The molecule has 0 bridgehead atoms. The Morgan fingerprint density at radius 1 is 1.17 bits per heavy atom. The highest BCUT2D eigenvalue weighted by Crippen LogP contribution is 2.47. The Hall–Kier alpha value is -2.73. The Kier molecular flexibility index (Phi) is 4.21. The molecule has 0 spiro atoms. The lowest BCUT2D eigenvalue weighted by Gasteiger charge is -2.14. The normalized spacial score (nSPS) is 17.2. The Bertz CT molecular complexity index is 1110. The van der Waals surface area contributed by atoms with Crippen molar-refractivity contribution in [2.24, 2.45) is 0 Å². The minimum Gasteiger partial charge on any atom is -0.481 e. The molecule has 0 saturated heterocycles. The van der Waals surface area contributed by atoms with E-state index in [4.69, 9.17) is 14.8 Å². The highest BCUT2D eigenvalue weighted by atomic mass is 16.5. The summed E-state index contributed by atoms with van der Waals surface area (Å²) in [6.45, 7) is 5.21. The van der Waals surface area contributed by atoms with Crippen LogP contribution in [0, 0.1) is 0 Å². The molecular weight excluding hydrogens is 364 g/mol. The lowest BCUT2D eigenvalue weighted by Crippen LogP contribution is -2.32. The molecule has 6 nitrogen and oxygen atoms in total. The van der Waals surface area contributed by atoms with Gasteiger partial charge < -0.3 is 10.1 Å². The summed E-state index contributed by atoms with van der Waals surface area (Å²) in [6.07, 6.45) is 3.62. The smallest absolute Gasteiger partial charge is 0.216 e. The van der Waals surface area contributed by atoms with Gasteiger partial charge >= 0.3 is 0 Å². The molecule has 1 N–H and O–H groups in total. The summed E-state index contributed by atoms with van der Waals surface area (Å²) in [5.41, 5.74) is 4.88. The predicted molar refractivity (Wildman–Crippen MR) is 112 cm³/mol. The number of rotatable bonds is 6. The van der Waals surface area contributed by atoms with E-state index in [0.717, 1.165) is 59.5 Å². The van der Waals surface area contributed by atoms with Gasteiger partial charge in [-0.2, -0.15) is 4.52 Å². The van der Waals surface area contributed by atoms with Crippen molar-refractivity contribution in [3.8, 4) is 17.0 Å². The van der Waals surface area contributed by atoms with Crippen molar-refractivity contribution < 1.29 is 9.53 Å². The van der Waals surface area contributed by atoms with Gasteiger partial charge in [0.15, 0.2) is 17.3 Å². The van der Waals surface area contributed by atoms with Gasteiger partial charge in [-0.15, -0.1) is 5.10 Å². The maximum Gasteiger partial charge on any atom is 0.216 e. The van der Waals surface area contributed by atoms with E-state index in [0.29, 0.717) is 18.3 Å². The first-order valence-electron chi connectivity index (χ1n) is 10.3. The van der Waals surface area contributed by atoms with E-state index >= 15 is 0 Å². The summed E-state index contributed by atoms with van der Waals surface area (Å²) in [5.74, 6) is 1.80. The molecule has 2 aromatic heterocycles. The fourth-order valence-electron chi connectivity index (χ4n) is 4.20. The number of nitrogens with zero attached hydrogens (tertiary/aromatic N) is 3. The number of hydrogen-bond acceptors (Lipinski definition) is 5. The summed E-state index contributed by atoms with van der Waals surface area (Å²) in [7, 11) is 1.66. The standard InChI is InChI=1S/C23H26N4O2/c1-14(2)24-13-23(10-11-23)22-25-21-18(7-9-20(29-3)27(21)26-22)16-4-6-17-15(12-16)5-8-19(17)28/h4,6-7,9,12,14,24H,5,8,10-11,13H2,1-3H3. The Morgan fingerprint density at radius 3 is 2.69 bits per heavy atom. The number of aryl methyl sites for hydroxylation is 1. The van der Waals surface area contributed by atoms with Gasteiger partial charge in [-0.25, -0.2) is 4.98 Å². The van der Waals surface area contributed by atoms with Crippen molar-refractivity contribution in [2.45, 2.75) is 51.0 Å². The molecule has 0 amide bonds. The lowest BCUT2D eigenvalue weighted by atomic mass is 10.0. The fourth-order valence-corrected chi connectivity index (χ4v) is 4.20. The summed E-state index contributed by atoms with van der Waals surface area (Å²) in [4.78, 5) is 17.0. The SMILES string of the molecule is COc1ccc(-c2ccc3c(c2)CCC3=O)c2nc(C3(CNC(C)C)CC3)nn12. The van der Waals surface area contributed by atoms with Crippen LogP contribution in [-0.4, -0.2) is 40.1 Å². The van der Waals surface area contributed by atoms with Gasteiger partial charge in [0.25, 0.3) is 0 Å². The van der Waals surface area contributed by atoms with E-state index in [1.165, 1.54) is 0 Å². The molecule has 1 fully saturated rings. The molecule has 0 aliphatic heterocycles. The molecule has 6 heteroatoms. The number of aromatic nitrogens is 3. The number of hydrogen-bond donors (Lipinski definition) is 1. The third kappa shape index (κ3) is 3.02. The minimum atomic E-state index is 0.0168. The van der Waals surface area contributed by atoms with Gasteiger partial charge in [-0.3, -0.25) is 4.79 Å². The zero-order valence-electron chi connectivity index (χ0n) is 17.2. The number of carbonyl (C=O) groups excluding carboxylic acids is 1. The van der Waals surface area contributed by atoms with Gasteiger partial charge in [0.05, 0.1) is 7.11 Å². The molecule has 2 heterocycles. The van der Waals surface area contributed by atoms with Crippen LogP contribution < -0.4 is 10.1 Å². The number of pyridine rings is 1. The first-order valence-corrected chi connectivity index (χ1v) is 10.3. The third-order valence-corrected chi connectivity index (χ3v) is 6.17. The zero-order valence-corrected chi connectivity index (χ0v) is 17.2. The molecular formula is C23H26N4O2. The maximum absolute atomic E-state index is 12.0. The monoisotopic (exact) mass is 390 g/mol. The van der Waals surface area contributed by atoms with E-state index in [2.05, 4.69) is 25.2 Å². The van der Waals surface area contributed by atoms with Crippen LogP contribution in [0.2, 0.25) is 0 Å². The molecule has 0 radical (unpaired) electrons. The van der Waals surface area contributed by atoms with Gasteiger partial charge in [-0.05, 0) is 36.5 Å². The first kappa shape index (κ1) is 18.3. The van der Waals surface area contributed by atoms with Crippen LogP contribution in [0.3, 0.4) is 0 Å². The van der Waals surface area contributed by atoms with Crippen molar-refractivity contribution >= 4 is 11.4 Å². The summed E-state index contributed by atoms with van der Waals surface area (Å²) >= 11 is 0. The van der Waals surface area contributed by atoms with Crippen LogP contribution in [0.15, 0.2) is 30.3 Å². The quantitative estimate of drug-likeness (QED) is 0.697. The lowest BCUT2D eigenvalue weighted by molar-refractivity contribution is 0.0994. The van der Waals surface area contributed by atoms with E-state index in [9.17, 15) is 4.79 Å². The second kappa shape index (κ2) is 6.66. The van der Waals surface area contributed by atoms with Crippen LogP contribution in [0.5, 0.6) is 5.88 Å². The number of benzene rings is 1. The average Bonchev–Trinajstić information content (AvgIpc) is 3.23. The van der Waals surface area contributed by atoms with E-state index in [-0.39, 0.29) is 11.2 Å². The van der Waals surface area contributed by atoms with Gasteiger partial charge in [0, 0.05) is 41.6 Å². The molecule has 5 rings (SSSR count). The molecule has 0 atom stereocenters. The van der Waals surface area contributed by atoms with Crippen molar-refractivity contribution in [1.82, 2.24) is 19.9 Å². The Morgan fingerprint density at radius 2 is 1.97 bits per heavy atom. The molecule has 1 aromatic carbocycles.